The van der Waals surface area contributed by atoms with Gasteiger partial charge in [-0.15, -0.1) is 11.3 Å². The van der Waals surface area contributed by atoms with E-state index in [1.165, 1.54) is 10.4 Å². The Labute approximate surface area is 165 Å². The average Bonchev–Trinajstić information content (AvgIpc) is 3.34. The summed E-state index contributed by atoms with van der Waals surface area (Å²) in [6.07, 6.45) is 2.99. The third-order valence-electron chi connectivity index (χ3n) is 4.70. The van der Waals surface area contributed by atoms with E-state index in [0.29, 0.717) is 12.5 Å². The second-order valence-electron chi connectivity index (χ2n) is 6.61. The van der Waals surface area contributed by atoms with Gasteiger partial charge in [-0.25, -0.2) is 9.98 Å². The molecule has 1 aliphatic heterocycles. The van der Waals surface area contributed by atoms with Crippen molar-refractivity contribution in [1.82, 2.24) is 15.2 Å². The molecule has 2 heterocycles. The van der Waals surface area contributed by atoms with Crippen LogP contribution in [0.2, 0.25) is 0 Å². The van der Waals surface area contributed by atoms with Crippen LogP contribution in [0, 0.1) is 6.92 Å². The van der Waals surface area contributed by atoms with Gasteiger partial charge in [0.2, 0.25) is 0 Å². The SMILES string of the molecule is CCNC(=NCc1ncc(C)s1)N1CCC(c2cc(OC)cc(OC)c2)C1. The van der Waals surface area contributed by atoms with Crippen molar-refractivity contribution in [3.05, 3.63) is 39.8 Å². The van der Waals surface area contributed by atoms with Crippen molar-refractivity contribution in [3.63, 3.8) is 0 Å². The Balaban J connectivity index is 1.72. The van der Waals surface area contributed by atoms with Crippen molar-refractivity contribution in [2.24, 2.45) is 4.99 Å². The maximum atomic E-state index is 5.42. The van der Waals surface area contributed by atoms with Crippen molar-refractivity contribution in [2.75, 3.05) is 33.9 Å². The number of nitrogens with zero attached hydrogens (tertiary/aromatic N) is 3. The molecule has 0 radical (unpaired) electrons. The first-order valence-electron chi connectivity index (χ1n) is 9.30. The Morgan fingerprint density at radius 3 is 2.63 bits per heavy atom. The van der Waals surface area contributed by atoms with Crippen molar-refractivity contribution in [2.45, 2.75) is 32.7 Å². The molecular formula is C20H28N4O2S. The number of aryl methyl sites for hydroxylation is 1. The molecule has 1 aromatic carbocycles. The summed E-state index contributed by atoms with van der Waals surface area (Å²) in [5.41, 5.74) is 1.25. The van der Waals surface area contributed by atoms with Gasteiger partial charge in [0.05, 0.1) is 20.8 Å². The fourth-order valence-corrected chi connectivity index (χ4v) is 4.04. The number of hydrogen-bond acceptors (Lipinski definition) is 5. The van der Waals surface area contributed by atoms with Crippen molar-refractivity contribution >= 4 is 17.3 Å². The van der Waals surface area contributed by atoms with Gasteiger partial charge in [0, 0.05) is 42.7 Å². The van der Waals surface area contributed by atoms with Gasteiger partial charge in [-0.1, -0.05) is 0 Å². The Morgan fingerprint density at radius 1 is 1.30 bits per heavy atom. The summed E-state index contributed by atoms with van der Waals surface area (Å²) >= 11 is 1.70. The zero-order valence-electron chi connectivity index (χ0n) is 16.5. The maximum absolute atomic E-state index is 5.42. The molecule has 0 saturated carbocycles. The van der Waals surface area contributed by atoms with Crippen LogP contribution < -0.4 is 14.8 Å². The Hall–Kier alpha value is -2.28. The Kier molecular flexibility index (Phi) is 6.55. The topological polar surface area (TPSA) is 59.0 Å². The summed E-state index contributed by atoms with van der Waals surface area (Å²) in [4.78, 5) is 12.8. The smallest absolute Gasteiger partial charge is 0.194 e. The molecular weight excluding hydrogens is 360 g/mol. The minimum Gasteiger partial charge on any atom is -0.497 e. The number of thiazole rings is 1. The van der Waals surface area contributed by atoms with Crippen LogP contribution in [0.5, 0.6) is 11.5 Å². The summed E-state index contributed by atoms with van der Waals surface area (Å²) in [7, 11) is 3.38. The minimum atomic E-state index is 0.431. The molecule has 1 N–H and O–H groups in total. The number of benzene rings is 1. The maximum Gasteiger partial charge on any atom is 0.194 e. The van der Waals surface area contributed by atoms with Gasteiger partial charge in [0.1, 0.15) is 16.5 Å². The van der Waals surface area contributed by atoms with Crippen LogP contribution in [0.4, 0.5) is 0 Å². The fourth-order valence-electron chi connectivity index (χ4n) is 3.33. The molecule has 0 amide bonds. The first-order valence-corrected chi connectivity index (χ1v) is 10.1. The molecule has 1 aromatic heterocycles. The standard InChI is InChI=1S/C20H28N4O2S/c1-5-21-20(23-12-19-22-11-14(2)27-19)24-7-6-15(13-24)16-8-17(25-3)10-18(9-16)26-4/h8-11,15H,5-7,12-13H2,1-4H3,(H,21,23). The van der Waals surface area contributed by atoms with Crippen molar-refractivity contribution in [3.8, 4) is 11.5 Å². The largest absolute Gasteiger partial charge is 0.497 e. The number of methoxy groups -OCH3 is 2. The number of ether oxygens (including phenoxy) is 2. The molecule has 0 aliphatic carbocycles. The molecule has 1 saturated heterocycles. The highest BCUT2D eigenvalue weighted by atomic mass is 32.1. The molecule has 7 heteroatoms. The lowest BCUT2D eigenvalue weighted by Gasteiger charge is -2.22. The number of guanidine groups is 1. The summed E-state index contributed by atoms with van der Waals surface area (Å²) < 4.78 is 10.8. The molecule has 27 heavy (non-hydrogen) atoms. The third-order valence-corrected chi connectivity index (χ3v) is 5.60. The quantitative estimate of drug-likeness (QED) is 0.607. The van der Waals surface area contributed by atoms with E-state index >= 15 is 0 Å². The molecule has 0 bridgehead atoms. The summed E-state index contributed by atoms with van der Waals surface area (Å²) in [5, 5.41) is 4.47. The van der Waals surface area contributed by atoms with E-state index in [-0.39, 0.29) is 0 Å². The fraction of sp³-hybridized carbons (Fsp3) is 0.500. The second kappa shape index (κ2) is 9.08. The highest BCUT2D eigenvalue weighted by Gasteiger charge is 2.27. The van der Waals surface area contributed by atoms with Crippen LogP contribution in [-0.2, 0) is 6.54 Å². The summed E-state index contributed by atoms with van der Waals surface area (Å²) in [6.45, 7) is 7.55. The normalized spacial score (nSPS) is 17.3. The lowest BCUT2D eigenvalue weighted by molar-refractivity contribution is 0.392. The molecule has 1 aliphatic rings. The van der Waals surface area contributed by atoms with Gasteiger partial charge >= 0.3 is 0 Å². The van der Waals surface area contributed by atoms with Crippen molar-refractivity contribution in [1.29, 1.82) is 0 Å². The summed E-state index contributed by atoms with van der Waals surface area (Å²) in [5.74, 6) is 3.06. The molecule has 146 valence electrons. The molecule has 6 nitrogen and oxygen atoms in total. The van der Waals surface area contributed by atoms with Crippen LogP contribution in [0.1, 0.15) is 34.7 Å². The van der Waals surface area contributed by atoms with E-state index in [1.54, 1.807) is 25.6 Å². The van der Waals surface area contributed by atoms with E-state index in [0.717, 1.165) is 48.5 Å². The van der Waals surface area contributed by atoms with Crippen LogP contribution in [-0.4, -0.2) is 49.7 Å². The van der Waals surface area contributed by atoms with E-state index in [2.05, 4.69) is 41.2 Å². The molecule has 3 rings (SSSR count). The van der Waals surface area contributed by atoms with Gasteiger partial charge in [-0.2, -0.15) is 0 Å². The number of aromatic nitrogens is 1. The zero-order valence-corrected chi connectivity index (χ0v) is 17.3. The lowest BCUT2D eigenvalue weighted by atomic mass is 9.98. The van der Waals surface area contributed by atoms with E-state index in [4.69, 9.17) is 14.5 Å². The van der Waals surface area contributed by atoms with E-state index in [9.17, 15) is 0 Å². The highest BCUT2D eigenvalue weighted by Crippen LogP contribution is 2.33. The average molecular weight is 389 g/mol. The molecule has 1 fully saturated rings. The van der Waals surface area contributed by atoms with Gasteiger partial charge in [-0.05, 0) is 38.0 Å². The highest BCUT2D eigenvalue weighted by molar-refractivity contribution is 7.11. The molecule has 1 unspecified atom stereocenters. The predicted molar refractivity (Wildman–Crippen MR) is 110 cm³/mol. The van der Waals surface area contributed by atoms with Gasteiger partial charge in [-0.3, -0.25) is 0 Å². The van der Waals surface area contributed by atoms with Gasteiger partial charge < -0.3 is 19.7 Å². The molecule has 1 atom stereocenters. The van der Waals surface area contributed by atoms with Crippen LogP contribution in [0.15, 0.2) is 29.4 Å². The zero-order chi connectivity index (χ0) is 19.2. The van der Waals surface area contributed by atoms with Gasteiger partial charge in [0.25, 0.3) is 0 Å². The van der Waals surface area contributed by atoms with E-state index in [1.807, 2.05) is 12.3 Å². The minimum absolute atomic E-state index is 0.431. The van der Waals surface area contributed by atoms with Crippen LogP contribution >= 0.6 is 11.3 Å². The van der Waals surface area contributed by atoms with Crippen LogP contribution in [0.25, 0.3) is 0 Å². The monoisotopic (exact) mass is 388 g/mol. The van der Waals surface area contributed by atoms with Crippen molar-refractivity contribution < 1.29 is 9.47 Å². The lowest BCUT2D eigenvalue weighted by Crippen LogP contribution is -2.40. The summed E-state index contributed by atoms with van der Waals surface area (Å²) in [6, 6.07) is 6.13. The number of nitrogens with one attached hydrogen (secondary N) is 1. The third kappa shape index (κ3) is 4.91. The van der Waals surface area contributed by atoms with E-state index < -0.39 is 0 Å². The number of aliphatic imine (C=N–C) groups is 1. The number of hydrogen-bond donors (Lipinski definition) is 1. The first kappa shape index (κ1) is 19.5. The predicted octanol–water partition coefficient (Wildman–Crippen LogP) is 3.42. The second-order valence-corrected chi connectivity index (χ2v) is 7.93. The van der Waals surface area contributed by atoms with Gasteiger partial charge in [0.15, 0.2) is 5.96 Å². The Morgan fingerprint density at radius 2 is 2.04 bits per heavy atom. The molecule has 0 spiro atoms. The van der Waals surface area contributed by atoms with Crippen LogP contribution in [0.3, 0.4) is 0 Å². The Bertz CT molecular complexity index is 768. The number of rotatable bonds is 6. The molecule has 2 aromatic rings. The first-order chi connectivity index (χ1) is 13.1. The number of likely N-dealkylation sites (tertiary alicyclic amines) is 1.